The van der Waals surface area contributed by atoms with E-state index in [0.717, 1.165) is 11.1 Å². The summed E-state index contributed by atoms with van der Waals surface area (Å²) >= 11 is 12.2. The number of hydrogen-bond acceptors (Lipinski definition) is 2. The number of hydrogen-bond donors (Lipinski definition) is 1. The minimum Gasteiger partial charge on any atom is -0.329 e. The van der Waals surface area contributed by atoms with Crippen LogP contribution >= 0.6 is 23.2 Å². The van der Waals surface area contributed by atoms with Crippen molar-refractivity contribution in [3.63, 3.8) is 0 Å². The molecule has 2 nitrogen and oxygen atoms in total. The van der Waals surface area contributed by atoms with Crippen LogP contribution in [0.1, 0.15) is 17.2 Å². The summed E-state index contributed by atoms with van der Waals surface area (Å²) in [6.07, 6.45) is 0. The third kappa shape index (κ3) is 4.17. The molecule has 0 saturated heterocycles. The summed E-state index contributed by atoms with van der Waals surface area (Å²) in [6, 6.07) is 11.8. The van der Waals surface area contributed by atoms with Crippen molar-refractivity contribution in [2.45, 2.75) is 12.6 Å². The Morgan fingerprint density at radius 2 is 1.81 bits per heavy atom. The van der Waals surface area contributed by atoms with Crippen molar-refractivity contribution in [1.29, 1.82) is 0 Å². The molecule has 0 aliphatic rings. The van der Waals surface area contributed by atoms with Crippen LogP contribution in [0.2, 0.25) is 10.0 Å². The molecule has 0 spiro atoms. The lowest BCUT2D eigenvalue weighted by Gasteiger charge is -2.28. The summed E-state index contributed by atoms with van der Waals surface area (Å²) in [5, 5.41) is 1.20. The smallest absolute Gasteiger partial charge is 0.123 e. The maximum absolute atomic E-state index is 12.9. The van der Waals surface area contributed by atoms with E-state index in [0.29, 0.717) is 23.1 Å². The molecule has 0 bridgehead atoms. The van der Waals surface area contributed by atoms with Gasteiger partial charge in [-0.25, -0.2) is 4.39 Å². The summed E-state index contributed by atoms with van der Waals surface area (Å²) < 4.78 is 12.9. The quantitative estimate of drug-likeness (QED) is 0.889. The van der Waals surface area contributed by atoms with Crippen molar-refractivity contribution in [2.75, 3.05) is 13.6 Å². The number of halogens is 3. The summed E-state index contributed by atoms with van der Waals surface area (Å²) in [7, 11) is 1.96. The van der Waals surface area contributed by atoms with E-state index in [1.54, 1.807) is 24.3 Å². The van der Waals surface area contributed by atoms with Crippen molar-refractivity contribution in [1.82, 2.24) is 4.90 Å². The Bertz CT molecular complexity index is 602. The van der Waals surface area contributed by atoms with Gasteiger partial charge in [-0.3, -0.25) is 4.90 Å². The van der Waals surface area contributed by atoms with Gasteiger partial charge in [-0.2, -0.15) is 0 Å². The second kappa shape index (κ2) is 7.23. The van der Waals surface area contributed by atoms with Crippen LogP contribution in [0.4, 0.5) is 4.39 Å². The fraction of sp³-hybridized carbons (Fsp3) is 0.250. The fourth-order valence-corrected chi connectivity index (χ4v) is 2.84. The molecule has 0 aliphatic heterocycles. The molecular weight excluding hydrogens is 310 g/mol. The number of likely N-dealkylation sites (N-methyl/N-ethyl adjacent to an activating group) is 1. The Morgan fingerprint density at radius 1 is 1.14 bits per heavy atom. The molecule has 2 N–H and O–H groups in total. The van der Waals surface area contributed by atoms with Gasteiger partial charge in [0.05, 0.1) is 0 Å². The second-order valence-corrected chi connectivity index (χ2v) is 5.80. The van der Waals surface area contributed by atoms with Crippen LogP contribution in [0.15, 0.2) is 42.5 Å². The van der Waals surface area contributed by atoms with Crippen LogP contribution < -0.4 is 5.73 Å². The standard InChI is InChI=1S/C16H17Cl2FN2/c1-21(10-11-2-5-13(19)6-3-11)16(9-20)14-7-4-12(17)8-15(14)18/h2-8,16H,9-10,20H2,1H3. The predicted octanol–water partition coefficient (Wildman–Crippen LogP) is 4.26. The highest BCUT2D eigenvalue weighted by Gasteiger charge is 2.18. The molecule has 0 aliphatic carbocycles. The summed E-state index contributed by atoms with van der Waals surface area (Å²) in [4.78, 5) is 2.09. The number of nitrogens with zero attached hydrogens (tertiary/aromatic N) is 1. The Kier molecular flexibility index (Phi) is 5.59. The molecule has 0 fully saturated rings. The van der Waals surface area contributed by atoms with Crippen molar-refractivity contribution in [3.05, 3.63) is 69.5 Å². The van der Waals surface area contributed by atoms with E-state index in [-0.39, 0.29) is 11.9 Å². The highest BCUT2D eigenvalue weighted by atomic mass is 35.5. The van der Waals surface area contributed by atoms with Gasteiger partial charge < -0.3 is 5.73 Å². The number of rotatable bonds is 5. The lowest BCUT2D eigenvalue weighted by Crippen LogP contribution is -2.30. The fourth-order valence-electron chi connectivity index (χ4n) is 2.30. The van der Waals surface area contributed by atoms with Crippen LogP contribution in [0.5, 0.6) is 0 Å². The van der Waals surface area contributed by atoms with Crippen molar-refractivity contribution < 1.29 is 4.39 Å². The average molecular weight is 327 g/mol. The molecule has 2 rings (SSSR count). The Hall–Kier alpha value is -1.13. The van der Waals surface area contributed by atoms with E-state index in [4.69, 9.17) is 28.9 Å². The van der Waals surface area contributed by atoms with Gasteiger partial charge in [-0.05, 0) is 42.4 Å². The Balaban J connectivity index is 2.18. The lowest BCUT2D eigenvalue weighted by molar-refractivity contribution is 0.242. The van der Waals surface area contributed by atoms with Crippen LogP contribution in [0, 0.1) is 5.82 Å². The van der Waals surface area contributed by atoms with Gasteiger partial charge in [-0.1, -0.05) is 41.4 Å². The first-order valence-corrected chi connectivity index (χ1v) is 7.36. The molecule has 21 heavy (non-hydrogen) atoms. The van der Waals surface area contributed by atoms with Gasteiger partial charge in [0.25, 0.3) is 0 Å². The third-order valence-corrected chi connectivity index (χ3v) is 3.98. The van der Waals surface area contributed by atoms with Crippen LogP contribution in [-0.2, 0) is 6.54 Å². The predicted molar refractivity (Wildman–Crippen MR) is 86.1 cm³/mol. The highest BCUT2D eigenvalue weighted by molar-refractivity contribution is 6.35. The maximum Gasteiger partial charge on any atom is 0.123 e. The largest absolute Gasteiger partial charge is 0.329 e. The summed E-state index contributed by atoms with van der Waals surface area (Å²) in [5.41, 5.74) is 7.85. The van der Waals surface area contributed by atoms with Crippen LogP contribution in [0.3, 0.4) is 0 Å². The van der Waals surface area contributed by atoms with Gasteiger partial charge in [0.1, 0.15) is 5.82 Å². The maximum atomic E-state index is 12.9. The molecule has 0 amide bonds. The first-order valence-electron chi connectivity index (χ1n) is 6.61. The van der Waals surface area contributed by atoms with Crippen molar-refractivity contribution in [2.24, 2.45) is 5.73 Å². The third-order valence-electron chi connectivity index (χ3n) is 3.42. The van der Waals surface area contributed by atoms with E-state index < -0.39 is 0 Å². The van der Waals surface area contributed by atoms with Crippen molar-refractivity contribution >= 4 is 23.2 Å². The van der Waals surface area contributed by atoms with Gasteiger partial charge in [0, 0.05) is 29.2 Å². The van der Waals surface area contributed by atoms with Gasteiger partial charge in [-0.15, -0.1) is 0 Å². The summed E-state index contributed by atoms with van der Waals surface area (Å²) in [5.74, 6) is -0.238. The van der Waals surface area contributed by atoms with E-state index in [1.807, 2.05) is 13.1 Å². The van der Waals surface area contributed by atoms with E-state index in [2.05, 4.69) is 4.90 Å². The van der Waals surface area contributed by atoms with E-state index in [1.165, 1.54) is 12.1 Å². The van der Waals surface area contributed by atoms with Gasteiger partial charge in [0.2, 0.25) is 0 Å². The molecule has 0 aromatic heterocycles. The number of nitrogens with two attached hydrogens (primary N) is 1. The van der Waals surface area contributed by atoms with Crippen LogP contribution in [-0.4, -0.2) is 18.5 Å². The van der Waals surface area contributed by atoms with E-state index in [9.17, 15) is 4.39 Å². The molecule has 1 unspecified atom stereocenters. The molecule has 0 saturated carbocycles. The molecule has 0 radical (unpaired) electrons. The molecule has 2 aromatic carbocycles. The summed E-state index contributed by atoms with van der Waals surface area (Å²) in [6.45, 7) is 1.08. The highest BCUT2D eigenvalue weighted by Crippen LogP contribution is 2.29. The van der Waals surface area contributed by atoms with Crippen molar-refractivity contribution in [3.8, 4) is 0 Å². The molecule has 112 valence electrons. The zero-order valence-corrected chi connectivity index (χ0v) is 13.2. The monoisotopic (exact) mass is 326 g/mol. The Labute approximate surface area is 134 Å². The Morgan fingerprint density at radius 3 is 2.38 bits per heavy atom. The minimum atomic E-state index is -0.238. The van der Waals surface area contributed by atoms with Gasteiger partial charge >= 0.3 is 0 Å². The zero-order valence-electron chi connectivity index (χ0n) is 11.7. The van der Waals surface area contributed by atoms with Crippen LogP contribution in [0.25, 0.3) is 0 Å². The molecule has 2 aromatic rings. The molecular formula is C16H17Cl2FN2. The average Bonchev–Trinajstić information content (AvgIpc) is 2.44. The first kappa shape index (κ1) is 16.2. The topological polar surface area (TPSA) is 29.3 Å². The molecule has 5 heteroatoms. The zero-order chi connectivity index (χ0) is 15.4. The lowest BCUT2D eigenvalue weighted by atomic mass is 10.0. The van der Waals surface area contributed by atoms with Gasteiger partial charge in [0.15, 0.2) is 0 Å². The molecule has 0 heterocycles. The second-order valence-electron chi connectivity index (χ2n) is 4.96. The normalized spacial score (nSPS) is 12.7. The minimum absolute atomic E-state index is 0.0279. The molecule has 1 atom stereocenters. The SMILES string of the molecule is CN(Cc1ccc(F)cc1)C(CN)c1ccc(Cl)cc1Cl. The number of benzene rings is 2. The van der Waals surface area contributed by atoms with E-state index >= 15 is 0 Å². The first-order chi connectivity index (χ1) is 10.0.